The zero-order valence-corrected chi connectivity index (χ0v) is 10.6. The summed E-state index contributed by atoms with van der Waals surface area (Å²) in [7, 11) is 0. The second-order valence-corrected chi connectivity index (χ2v) is 3.01. The lowest BCUT2D eigenvalue weighted by molar-refractivity contribution is 1.14. The number of rotatable bonds is 3. The van der Waals surface area contributed by atoms with Crippen molar-refractivity contribution in [1.29, 1.82) is 0 Å². The standard InChI is InChI=1S/C11H15N3.C2H6/c1-3-13-8-11(14-12)10-6-4-9(2)5-7-10;1-2/h4-8H,3,12H2,1-2H3;1-2H3/b13-8?,14-11+;. The molecule has 0 heterocycles. The number of hydrogen-bond donors (Lipinski definition) is 1. The Morgan fingerprint density at radius 3 is 2.25 bits per heavy atom. The van der Waals surface area contributed by atoms with Gasteiger partial charge < -0.3 is 5.84 Å². The smallest absolute Gasteiger partial charge is 0.108 e. The highest BCUT2D eigenvalue weighted by molar-refractivity contribution is 6.38. The Kier molecular flexibility index (Phi) is 7.76. The fraction of sp³-hybridized carbons (Fsp3) is 0.385. The van der Waals surface area contributed by atoms with E-state index in [2.05, 4.69) is 10.1 Å². The SMILES string of the molecule is CC.CCN=C/C(=N\N)c1ccc(C)cc1. The van der Waals surface area contributed by atoms with Gasteiger partial charge >= 0.3 is 0 Å². The van der Waals surface area contributed by atoms with E-state index in [0.29, 0.717) is 5.71 Å². The monoisotopic (exact) mass is 219 g/mol. The summed E-state index contributed by atoms with van der Waals surface area (Å²) in [5, 5.41) is 3.69. The third kappa shape index (κ3) is 4.73. The quantitative estimate of drug-likeness (QED) is 0.474. The molecule has 0 aromatic heterocycles. The van der Waals surface area contributed by atoms with Gasteiger partial charge in [-0.1, -0.05) is 43.7 Å². The highest BCUT2D eigenvalue weighted by Gasteiger charge is 1.98. The summed E-state index contributed by atoms with van der Waals surface area (Å²) >= 11 is 0. The molecule has 0 atom stereocenters. The van der Waals surface area contributed by atoms with Crippen LogP contribution in [-0.4, -0.2) is 18.5 Å². The molecule has 0 aliphatic rings. The lowest BCUT2D eigenvalue weighted by Gasteiger charge is -1.99. The molecule has 0 fully saturated rings. The molecular formula is C13H21N3. The van der Waals surface area contributed by atoms with E-state index < -0.39 is 0 Å². The van der Waals surface area contributed by atoms with Gasteiger partial charge in [0.15, 0.2) is 0 Å². The number of benzene rings is 1. The van der Waals surface area contributed by atoms with Gasteiger partial charge in [0, 0.05) is 18.3 Å². The van der Waals surface area contributed by atoms with Gasteiger partial charge in [-0.25, -0.2) is 0 Å². The normalized spacial score (nSPS) is 11.1. The minimum atomic E-state index is 0.715. The van der Waals surface area contributed by atoms with Gasteiger partial charge in [0.1, 0.15) is 5.71 Å². The largest absolute Gasteiger partial charge is 0.323 e. The van der Waals surface area contributed by atoms with E-state index in [0.717, 1.165) is 12.1 Å². The Hall–Kier alpha value is -1.64. The molecule has 0 radical (unpaired) electrons. The summed E-state index contributed by atoms with van der Waals surface area (Å²) in [6.45, 7) is 8.76. The fourth-order valence-electron chi connectivity index (χ4n) is 1.08. The van der Waals surface area contributed by atoms with Crippen LogP contribution in [0.3, 0.4) is 0 Å². The molecule has 0 aliphatic carbocycles. The van der Waals surface area contributed by atoms with Gasteiger partial charge in [-0.15, -0.1) is 0 Å². The molecule has 1 aromatic rings. The van der Waals surface area contributed by atoms with Crippen LogP contribution in [0.15, 0.2) is 34.4 Å². The van der Waals surface area contributed by atoms with Crippen molar-refractivity contribution in [3.8, 4) is 0 Å². The van der Waals surface area contributed by atoms with Gasteiger partial charge in [0.05, 0.1) is 0 Å². The second-order valence-electron chi connectivity index (χ2n) is 3.01. The zero-order valence-electron chi connectivity index (χ0n) is 10.6. The molecule has 3 nitrogen and oxygen atoms in total. The molecule has 0 saturated heterocycles. The minimum absolute atomic E-state index is 0.715. The first-order chi connectivity index (χ1) is 7.77. The van der Waals surface area contributed by atoms with Crippen LogP contribution in [-0.2, 0) is 0 Å². The molecular weight excluding hydrogens is 198 g/mol. The number of aryl methyl sites for hydroxylation is 1. The van der Waals surface area contributed by atoms with Gasteiger partial charge in [0.25, 0.3) is 0 Å². The summed E-state index contributed by atoms with van der Waals surface area (Å²) in [5.41, 5.74) is 2.93. The van der Waals surface area contributed by atoms with Crippen molar-refractivity contribution in [1.82, 2.24) is 0 Å². The first-order valence-corrected chi connectivity index (χ1v) is 5.62. The molecule has 1 rings (SSSR count). The van der Waals surface area contributed by atoms with Gasteiger partial charge in [-0.3, -0.25) is 4.99 Å². The van der Waals surface area contributed by atoms with Crippen LogP contribution in [0.2, 0.25) is 0 Å². The number of aliphatic imine (C=N–C) groups is 1. The van der Waals surface area contributed by atoms with Crippen molar-refractivity contribution >= 4 is 11.9 Å². The number of hydrogen-bond acceptors (Lipinski definition) is 3. The summed E-state index contributed by atoms with van der Waals surface area (Å²) in [6.07, 6.45) is 1.70. The van der Waals surface area contributed by atoms with Crippen LogP contribution in [0.5, 0.6) is 0 Å². The Morgan fingerprint density at radius 1 is 1.25 bits per heavy atom. The molecule has 1 aromatic carbocycles. The molecule has 16 heavy (non-hydrogen) atoms. The lowest BCUT2D eigenvalue weighted by atomic mass is 10.1. The molecule has 3 heteroatoms. The zero-order chi connectivity index (χ0) is 12.4. The Labute approximate surface area is 98.1 Å². The maximum atomic E-state index is 5.28. The van der Waals surface area contributed by atoms with Gasteiger partial charge in [0.2, 0.25) is 0 Å². The maximum absolute atomic E-state index is 5.28. The number of nitrogens with zero attached hydrogens (tertiary/aromatic N) is 2. The van der Waals surface area contributed by atoms with Crippen molar-refractivity contribution in [3.63, 3.8) is 0 Å². The van der Waals surface area contributed by atoms with Crippen LogP contribution >= 0.6 is 0 Å². The molecule has 88 valence electrons. The van der Waals surface area contributed by atoms with Gasteiger partial charge in [-0.05, 0) is 13.8 Å². The van der Waals surface area contributed by atoms with E-state index >= 15 is 0 Å². The van der Waals surface area contributed by atoms with Crippen LogP contribution in [0, 0.1) is 6.92 Å². The van der Waals surface area contributed by atoms with Gasteiger partial charge in [-0.2, -0.15) is 5.10 Å². The first kappa shape index (κ1) is 14.4. The summed E-state index contributed by atoms with van der Waals surface area (Å²) in [4.78, 5) is 4.11. The third-order valence-corrected chi connectivity index (χ3v) is 1.88. The van der Waals surface area contributed by atoms with Crippen LogP contribution in [0.4, 0.5) is 0 Å². The Bertz CT molecular complexity index is 337. The molecule has 0 aliphatic heterocycles. The molecule has 0 unspecified atom stereocenters. The summed E-state index contributed by atoms with van der Waals surface area (Å²) in [5.74, 6) is 5.28. The van der Waals surface area contributed by atoms with E-state index in [4.69, 9.17) is 5.84 Å². The van der Waals surface area contributed by atoms with Crippen molar-refractivity contribution < 1.29 is 0 Å². The van der Waals surface area contributed by atoms with Crippen molar-refractivity contribution in [2.24, 2.45) is 15.9 Å². The number of nitrogens with two attached hydrogens (primary N) is 1. The van der Waals surface area contributed by atoms with E-state index in [9.17, 15) is 0 Å². The average molecular weight is 219 g/mol. The number of hydrazone groups is 1. The summed E-state index contributed by atoms with van der Waals surface area (Å²) in [6, 6.07) is 8.03. The van der Waals surface area contributed by atoms with Crippen molar-refractivity contribution in [2.75, 3.05) is 6.54 Å². The third-order valence-electron chi connectivity index (χ3n) is 1.88. The Morgan fingerprint density at radius 2 is 1.81 bits per heavy atom. The molecule has 0 amide bonds. The van der Waals surface area contributed by atoms with E-state index in [-0.39, 0.29) is 0 Å². The lowest BCUT2D eigenvalue weighted by Crippen LogP contribution is -2.06. The van der Waals surface area contributed by atoms with Crippen LogP contribution < -0.4 is 5.84 Å². The van der Waals surface area contributed by atoms with E-state index in [1.807, 2.05) is 52.0 Å². The van der Waals surface area contributed by atoms with Crippen molar-refractivity contribution in [3.05, 3.63) is 35.4 Å². The maximum Gasteiger partial charge on any atom is 0.108 e. The highest BCUT2D eigenvalue weighted by Crippen LogP contribution is 2.03. The van der Waals surface area contributed by atoms with E-state index in [1.165, 1.54) is 5.56 Å². The minimum Gasteiger partial charge on any atom is -0.323 e. The summed E-state index contributed by atoms with van der Waals surface area (Å²) < 4.78 is 0. The van der Waals surface area contributed by atoms with Crippen molar-refractivity contribution in [2.45, 2.75) is 27.7 Å². The molecule has 2 N–H and O–H groups in total. The van der Waals surface area contributed by atoms with E-state index in [1.54, 1.807) is 6.21 Å². The predicted molar refractivity (Wildman–Crippen MR) is 72.3 cm³/mol. The Balaban J connectivity index is 0.00000106. The molecule has 0 bridgehead atoms. The average Bonchev–Trinajstić information content (AvgIpc) is 2.35. The topological polar surface area (TPSA) is 50.7 Å². The fourth-order valence-corrected chi connectivity index (χ4v) is 1.08. The molecule has 0 saturated carbocycles. The van der Waals surface area contributed by atoms with Crippen LogP contribution in [0.1, 0.15) is 31.9 Å². The second kappa shape index (κ2) is 8.65. The predicted octanol–water partition coefficient (Wildman–Crippen LogP) is 2.77. The van der Waals surface area contributed by atoms with Crippen LogP contribution in [0.25, 0.3) is 0 Å². The molecule has 0 spiro atoms. The highest BCUT2D eigenvalue weighted by atomic mass is 15.1. The first-order valence-electron chi connectivity index (χ1n) is 5.62.